The van der Waals surface area contributed by atoms with Crippen molar-refractivity contribution in [3.8, 4) is 0 Å². The van der Waals surface area contributed by atoms with Gasteiger partial charge in [0.05, 0.1) is 25.4 Å². The van der Waals surface area contributed by atoms with Gasteiger partial charge in [0, 0.05) is 6.42 Å². The Morgan fingerprint density at radius 1 is 0.635 bits per heavy atom. The highest BCUT2D eigenvalue weighted by Crippen LogP contribution is 2.22. The number of aliphatic hydroxyl groups is 5. The van der Waals surface area contributed by atoms with Gasteiger partial charge in [-0.3, -0.25) is 4.79 Å². The normalized spacial score (nSPS) is 21.9. The fourth-order valence-electron chi connectivity index (χ4n) is 7.04. The van der Waals surface area contributed by atoms with E-state index in [9.17, 15) is 30.3 Å². The summed E-state index contributed by atoms with van der Waals surface area (Å²) in [5.41, 5.74) is 0. The van der Waals surface area contributed by atoms with Crippen molar-refractivity contribution in [3.05, 3.63) is 12.2 Å². The third-order valence-electron chi connectivity index (χ3n) is 10.6. The first kappa shape index (κ1) is 48.9. The Balaban J connectivity index is 2.23. The molecular weight excluding hydrogens is 658 g/mol. The number of amides is 1. The van der Waals surface area contributed by atoms with Gasteiger partial charge in [0.15, 0.2) is 6.29 Å². The highest BCUT2D eigenvalue weighted by Gasteiger charge is 2.44. The molecular formula is C43H83NO8. The van der Waals surface area contributed by atoms with Crippen molar-refractivity contribution in [2.45, 2.75) is 243 Å². The summed E-state index contributed by atoms with van der Waals surface area (Å²) < 4.78 is 11.1. The van der Waals surface area contributed by atoms with Crippen molar-refractivity contribution in [2.24, 2.45) is 0 Å². The molecule has 0 aromatic heterocycles. The van der Waals surface area contributed by atoms with E-state index < -0.39 is 49.5 Å². The highest BCUT2D eigenvalue weighted by molar-refractivity contribution is 5.76. The second-order valence-corrected chi connectivity index (χ2v) is 15.5. The van der Waals surface area contributed by atoms with Crippen molar-refractivity contribution >= 4 is 5.91 Å². The summed E-state index contributed by atoms with van der Waals surface area (Å²) in [4.78, 5) is 12.7. The first-order chi connectivity index (χ1) is 25.3. The number of ether oxygens (including phenoxy) is 2. The van der Waals surface area contributed by atoms with E-state index in [-0.39, 0.29) is 12.5 Å². The second-order valence-electron chi connectivity index (χ2n) is 15.5. The maximum Gasteiger partial charge on any atom is 0.220 e. The predicted molar refractivity (Wildman–Crippen MR) is 212 cm³/mol. The Labute approximate surface area is 318 Å². The van der Waals surface area contributed by atoms with Crippen LogP contribution in [-0.2, 0) is 14.3 Å². The van der Waals surface area contributed by atoms with Gasteiger partial charge >= 0.3 is 0 Å². The van der Waals surface area contributed by atoms with E-state index in [0.717, 1.165) is 44.9 Å². The van der Waals surface area contributed by atoms with E-state index in [1.165, 1.54) is 135 Å². The average molecular weight is 742 g/mol. The minimum absolute atomic E-state index is 0.185. The minimum Gasteiger partial charge on any atom is -0.394 e. The topological polar surface area (TPSA) is 149 Å². The third kappa shape index (κ3) is 25.1. The maximum atomic E-state index is 12.7. The smallest absolute Gasteiger partial charge is 0.220 e. The molecule has 0 aromatic carbocycles. The number of rotatable bonds is 36. The number of nitrogens with one attached hydrogen (secondary N) is 1. The molecule has 0 spiro atoms. The number of hydrogen-bond acceptors (Lipinski definition) is 8. The summed E-state index contributed by atoms with van der Waals surface area (Å²) in [6.45, 7) is 3.71. The Hall–Kier alpha value is -1.07. The number of carbonyl (C=O) groups is 1. The first-order valence-corrected chi connectivity index (χ1v) is 21.9. The zero-order chi connectivity index (χ0) is 38.1. The molecule has 1 aliphatic rings. The molecule has 1 saturated heterocycles. The SMILES string of the molecule is CCCCCCCCCCCCCCCCCCCCCCC/C=C/C(O)C(COC1OC(CO)C(O)C(O)C1O)NC(=O)CCCCCCCC. The molecule has 1 rings (SSSR count). The molecule has 0 saturated carbocycles. The van der Waals surface area contributed by atoms with Gasteiger partial charge in [-0.05, 0) is 19.3 Å². The number of unbranched alkanes of at least 4 members (excludes halogenated alkanes) is 26. The van der Waals surface area contributed by atoms with Gasteiger partial charge in [-0.15, -0.1) is 0 Å². The molecule has 308 valence electrons. The van der Waals surface area contributed by atoms with Gasteiger partial charge < -0.3 is 40.3 Å². The lowest BCUT2D eigenvalue weighted by Gasteiger charge is -2.40. The van der Waals surface area contributed by atoms with Crippen LogP contribution in [0.3, 0.4) is 0 Å². The van der Waals surface area contributed by atoms with Crippen LogP contribution in [0.25, 0.3) is 0 Å². The van der Waals surface area contributed by atoms with Crippen LogP contribution in [0.1, 0.15) is 200 Å². The van der Waals surface area contributed by atoms with E-state index in [2.05, 4.69) is 19.2 Å². The highest BCUT2D eigenvalue weighted by atomic mass is 16.7. The molecule has 52 heavy (non-hydrogen) atoms. The summed E-state index contributed by atoms with van der Waals surface area (Å²) >= 11 is 0. The minimum atomic E-state index is -1.56. The Kier molecular flexibility index (Phi) is 32.4. The van der Waals surface area contributed by atoms with E-state index in [0.29, 0.717) is 6.42 Å². The Bertz CT molecular complexity index is 827. The van der Waals surface area contributed by atoms with Crippen LogP contribution in [0.4, 0.5) is 0 Å². The molecule has 0 bridgehead atoms. The van der Waals surface area contributed by atoms with Gasteiger partial charge in [0.1, 0.15) is 24.4 Å². The van der Waals surface area contributed by atoms with E-state index in [1.54, 1.807) is 6.08 Å². The van der Waals surface area contributed by atoms with E-state index in [4.69, 9.17) is 9.47 Å². The number of aliphatic hydroxyl groups excluding tert-OH is 5. The maximum absolute atomic E-state index is 12.7. The summed E-state index contributed by atoms with van der Waals surface area (Å²) in [5, 5.41) is 53.8. The van der Waals surface area contributed by atoms with Crippen LogP contribution >= 0.6 is 0 Å². The van der Waals surface area contributed by atoms with Crippen molar-refractivity contribution in [1.29, 1.82) is 0 Å². The zero-order valence-electron chi connectivity index (χ0n) is 33.6. The lowest BCUT2D eigenvalue weighted by atomic mass is 9.99. The van der Waals surface area contributed by atoms with Crippen LogP contribution in [-0.4, -0.2) is 87.5 Å². The molecule has 9 heteroatoms. The molecule has 1 heterocycles. The van der Waals surface area contributed by atoms with Crippen LogP contribution in [0, 0.1) is 0 Å². The molecule has 1 amide bonds. The monoisotopic (exact) mass is 742 g/mol. The Morgan fingerprint density at radius 2 is 1.06 bits per heavy atom. The van der Waals surface area contributed by atoms with Crippen molar-refractivity contribution in [2.75, 3.05) is 13.2 Å². The quantitative estimate of drug-likeness (QED) is 0.0277. The fourth-order valence-corrected chi connectivity index (χ4v) is 7.04. The summed E-state index contributed by atoms with van der Waals surface area (Å²) in [5.74, 6) is -0.185. The second kappa shape index (κ2) is 34.4. The molecule has 7 atom stereocenters. The third-order valence-corrected chi connectivity index (χ3v) is 10.6. The van der Waals surface area contributed by atoms with Crippen LogP contribution in [0.15, 0.2) is 12.2 Å². The van der Waals surface area contributed by atoms with Crippen LogP contribution in [0.2, 0.25) is 0 Å². The molecule has 1 aliphatic heterocycles. The van der Waals surface area contributed by atoms with E-state index in [1.807, 2.05) is 6.08 Å². The molecule has 0 aliphatic carbocycles. The number of hydrogen-bond donors (Lipinski definition) is 6. The molecule has 7 unspecified atom stereocenters. The van der Waals surface area contributed by atoms with Gasteiger partial charge in [-0.25, -0.2) is 0 Å². The fraction of sp³-hybridized carbons (Fsp3) is 0.930. The standard InChI is InChI=1S/C43H83NO8/c1-3-5-7-9-11-12-13-14-15-16-17-18-19-20-21-22-23-24-25-26-27-28-30-32-37(46)36(44-39(47)33-31-29-10-8-6-4-2)35-51-43-42(50)41(49)40(48)38(34-45)52-43/h30,32,36-38,40-43,45-46,48-50H,3-29,31,33-35H2,1-2H3,(H,44,47)/b32-30+. The van der Waals surface area contributed by atoms with Gasteiger partial charge in [0.25, 0.3) is 0 Å². The van der Waals surface area contributed by atoms with Crippen molar-refractivity contribution in [3.63, 3.8) is 0 Å². The summed E-state index contributed by atoms with van der Waals surface area (Å²) in [6, 6.07) is -0.795. The molecule has 9 nitrogen and oxygen atoms in total. The largest absolute Gasteiger partial charge is 0.394 e. The van der Waals surface area contributed by atoms with Crippen molar-refractivity contribution < 1.29 is 39.8 Å². The summed E-state index contributed by atoms with van der Waals surface area (Å²) in [7, 11) is 0. The van der Waals surface area contributed by atoms with Gasteiger partial charge in [0.2, 0.25) is 5.91 Å². The van der Waals surface area contributed by atoms with Gasteiger partial charge in [-0.1, -0.05) is 187 Å². The Morgan fingerprint density at radius 3 is 1.50 bits per heavy atom. The van der Waals surface area contributed by atoms with Gasteiger partial charge in [-0.2, -0.15) is 0 Å². The number of carbonyl (C=O) groups excluding carboxylic acids is 1. The zero-order valence-corrected chi connectivity index (χ0v) is 33.6. The summed E-state index contributed by atoms with van der Waals surface area (Å²) in [6.07, 6.45) is 31.6. The molecule has 0 aromatic rings. The van der Waals surface area contributed by atoms with E-state index >= 15 is 0 Å². The first-order valence-electron chi connectivity index (χ1n) is 21.9. The lowest BCUT2D eigenvalue weighted by Crippen LogP contribution is -2.60. The van der Waals surface area contributed by atoms with Crippen LogP contribution in [0.5, 0.6) is 0 Å². The number of allylic oxidation sites excluding steroid dienone is 1. The lowest BCUT2D eigenvalue weighted by molar-refractivity contribution is -0.302. The molecule has 1 fully saturated rings. The van der Waals surface area contributed by atoms with Crippen molar-refractivity contribution in [1.82, 2.24) is 5.32 Å². The average Bonchev–Trinajstić information content (AvgIpc) is 3.14. The molecule has 6 N–H and O–H groups in total. The van der Waals surface area contributed by atoms with Crippen LogP contribution < -0.4 is 5.32 Å². The predicted octanol–water partition coefficient (Wildman–Crippen LogP) is 8.56. The molecule has 0 radical (unpaired) electrons.